The van der Waals surface area contributed by atoms with Crippen LogP contribution in [-0.4, -0.2) is 4.98 Å². The first-order valence-corrected chi connectivity index (χ1v) is 3.87. The fourth-order valence-electron chi connectivity index (χ4n) is 0.884. The summed E-state index contributed by atoms with van der Waals surface area (Å²) in [5, 5.41) is 0. The molecule has 0 saturated heterocycles. The van der Waals surface area contributed by atoms with Gasteiger partial charge in [0.2, 0.25) is 0 Å². The van der Waals surface area contributed by atoms with E-state index in [1.807, 2.05) is 32.9 Å². The van der Waals surface area contributed by atoms with Gasteiger partial charge in [-0.1, -0.05) is 6.07 Å². The molecule has 2 N–H and O–H groups in total. The molecule has 0 atom stereocenters. The van der Waals surface area contributed by atoms with Crippen LogP contribution in [0.5, 0.6) is 0 Å². The average Bonchev–Trinajstić information content (AvgIpc) is 2.05. The second-order valence-corrected chi connectivity index (χ2v) is 3.35. The van der Waals surface area contributed by atoms with Gasteiger partial charge in [-0.05, 0) is 32.4 Å². The summed E-state index contributed by atoms with van der Waals surface area (Å²) in [4.78, 5) is 9.02. The Labute approximate surface area is 72.5 Å². The highest BCUT2D eigenvalue weighted by Crippen LogP contribution is 2.19. The quantitative estimate of drug-likeness (QED) is 0.677. The van der Waals surface area contributed by atoms with E-state index in [2.05, 4.69) is 4.98 Å². The van der Waals surface area contributed by atoms with E-state index in [1.165, 1.54) is 0 Å². The number of pyridine rings is 1. The lowest BCUT2D eigenvalue weighted by molar-refractivity contribution is -0.0268. The maximum Gasteiger partial charge on any atom is 0.125 e. The molecule has 0 aliphatic rings. The first kappa shape index (κ1) is 9.16. The Balaban J connectivity index is 2.96. The van der Waals surface area contributed by atoms with Gasteiger partial charge in [0, 0.05) is 6.20 Å². The summed E-state index contributed by atoms with van der Waals surface area (Å²) in [7, 11) is 0. The summed E-state index contributed by atoms with van der Waals surface area (Å²) in [6, 6.07) is 3.91. The molecule has 1 aromatic heterocycles. The average molecular weight is 166 g/mol. The number of hydrogen-bond donors (Lipinski definition) is 1. The highest BCUT2D eigenvalue weighted by molar-refractivity contribution is 5.16. The molecule has 3 nitrogen and oxygen atoms in total. The highest BCUT2D eigenvalue weighted by Gasteiger charge is 2.21. The second kappa shape index (κ2) is 3.21. The molecule has 0 radical (unpaired) electrons. The topological polar surface area (TPSA) is 48.1 Å². The van der Waals surface area contributed by atoms with Crippen LogP contribution in [-0.2, 0) is 10.4 Å². The van der Waals surface area contributed by atoms with Gasteiger partial charge in [0.25, 0.3) is 0 Å². The van der Waals surface area contributed by atoms with Crippen molar-refractivity contribution in [2.75, 3.05) is 0 Å². The summed E-state index contributed by atoms with van der Waals surface area (Å²) in [6.45, 7) is 5.75. The fourth-order valence-corrected chi connectivity index (χ4v) is 0.884. The predicted molar refractivity (Wildman–Crippen MR) is 47.3 cm³/mol. The van der Waals surface area contributed by atoms with Gasteiger partial charge in [0.05, 0.1) is 5.69 Å². The molecule has 12 heavy (non-hydrogen) atoms. The van der Waals surface area contributed by atoms with Crippen molar-refractivity contribution in [3.8, 4) is 0 Å². The van der Waals surface area contributed by atoms with Crippen molar-refractivity contribution in [1.82, 2.24) is 4.98 Å². The molecule has 0 bridgehead atoms. The lowest BCUT2D eigenvalue weighted by Gasteiger charge is -2.20. The van der Waals surface area contributed by atoms with Gasteiger partial charge in [0.15, 0.2) is 0 Å². The molecule has 1 rings (SSSR count). The lowest BCUT2D eigenvalue weighted by Crippen LogP contribution is -2.26. The molecular weight excluding hydrogens is 152 g/mol. The Hall–Kier alpha value is -0.930. The van der Waals surface area contributed by atoms with E-state index in [9.17, 15) is 0 Å². The van der Waals surface area contributed by atoms with Crippen molar-refractivity contribution in [2.45, 2.75) is 26.4 Å². The van der Waals surface area contributed by atoms with Crippen LogP contribution in [0.15, 0.2) is 18.3 Å². The van der Waals surface area contributed by atoms with E-state index in [1.54, 1.807) is 6.20 Å². The standard InChI is InChI=1S/C9H14N2O/c1-7-4-5-8(11-6-7)9(2,3)12-10/h4-6H,10H2,1-3H3. The van der Waals surface area contributed by atoms with Gasteiger partial charge in [-0.15, -0.1) is 0 Å². The van der Waals surface area contributed by atoms with Gasteiger partial charge in [-0.3, -0.25) is 9.82 Å². The lowest BCUT2D eigenvalue weighted by atomic mass is 10.0. The summed E-state index contributed by atoms with van der Waals surface area (Å²) in [5.41, 5.74) is 1.47. The van der Waals surface area contributed by atoms with Crippen molar-refractivity contribution >= 4 is 0 Å². The van der Waals surface area contributed by atoms with Crippen LogP contribution >= 0.6 is 0 Å². The van der Waals surface area contributed by atoms with Crippen LogP contribution in [0, 0.1) is 6.92 Å². The maximum atomic E-state index is 5.14. The molecule has 1 aromatic rings. The summed E-state index contributed by atoms with van der Waals surface area (Å²) >= 11 is 0. The normalized spacial score (nSPS) is 11.7. The number of nitrogens with zero attached hydrogens (tertiary/aromatic N) is 1. The van der Waals surface area contributed by atoms with Crippen LogP contribution in [0.2, 0.25) is 0 Å². The molecule has 0 aliphatic heterocycles. The molecule has 0 unspecified atom stereocenters. The molecule has 0 saturated carbocycles. The van der Waals surface area contributed by atoms with Crippen molar-refractivity contribution in [3.05, 3.63) is 29.6 Å². The SMILES string of the molecule is Cc1ccc(C(C)(C)ON)nc1. The Morgan fingerprint density at radius 3 is 2.50 bits per heavy atom. The zero-order valence-electron chi connectivity index (χ0n) is 7.66. The van der Waals surface area contributed by atoms with Gasteiger partial charge < -0.3 is 0 Å². The summed E-state index contributed by atoms with van der Waals surface area (Å²) < 4.78 is 0. The van der Waals surface area contributed by atoms with Crippen LogP contribution in [0.25, 0.3) is 0 Å². The number of nitrogens with two attached hydrogens (primary N) is 1. The molecule has 66 valence electrons. The van der Waals surface area contributed by atoms with Gasteiger partial charge in [-0.2, -0.15) is 0 Å². The van der Waals surface area contributed by atoms with Gasteiger partial charge in [0.1, 0.15) is 5.60 Å². The molecule has 0 amide bonds. The third-order valence-electron chi connectivity index (χ3n) is 1.82. The monoisotopic (exact) mass is 166 g/mol. The van der Waals surface area contributed by atoms with E-state index in [4.69, 9.17) is 10.7 Å². The highest BCUT2D eigenvalue weighted by atomic mass is 16.6. The maximum absolute atomic E-state index is 5.14. The smallest absolute Gasteiger partial charge is 0.125 e. The number of aromatic nitrogens is 1. The minimum Gasteiger partial charge on any atom is -0.292 e. The first-order chi connectivity index (χ1) is 5.56. The van der Waals surface area contributed by atoms with Crippen molar-refractivity contribution in [2.24, 2.45) is 5.90 Å². The number of hydrogen-bond acceptors (Lipinski definition) is 3. The van der Waals surface area contributed by atoms with Crippen molar-refractivity contribution < 1.29 is 4.84 Å². The van der Waals surface area contributed by atoms with Crippen LogP contribution in [0.3, 0.4) is 0 Å². The molecule has 1 heterocycles. The summed E-state index contributed by atoms with van der Waals surface area (Å²) in [5.74, 6) is 5.14. The van der Waals surface area contributed by atoms with Crippen molar-refractivity contribution in [1.29, 1.82) is 0 Å². The zero-order valence-corrected chi connectivity index (χ0v) is 7.66. The predicted octanol–water partition coefficient (Wildman–Crippen LogP) is 1.52. The number of rotatable bonds is 2. The van der Waals surface area contributed by atoms with E-state index in [-0.39, 0.29) is 0 Å². The molecule has 3 heteroatoms. The Kier molecular flexibility index (Phi) is 2.45. The minimum absolute atomic E-state index is 0.506. The van der Waals surface area contributed by atoms with E-state index < -0.39 is 5.60 Å². The van der Waals surface area contributed by atoms with E-state index >= 15 is 0 Å². The largest absolute Gasteiger partial charge is 0.292 e. The van der Waals surface area contributed by atoms with Crippen LogP contribution < -0.4 is 5.90 Å². The molecule has 0 fully saturated rings. The Bertz CT molecular complexity index is 254. The minimum atomic E-state index is -0.506. The van der Waals surface area contributed by atoms with Crippen LogP contribution in [0.4, 0.5) is 0 Å². The van der Waals surface area contributed by atoms with E-state index in [0.29, 0.717) is 0 Å². The van der Waals surface area contributed by atoms with Crippen LogP contribution in [0.1, 0.15) is 25.1 Å². The molecule has 0 aromatic carbocycles. The van der Waals surface area contributed by atoms with Gasteiger partial charge in [-0.25, -0.2) is 5.90 Å². The molecule has 0 spiro atoms. The zero-order chi connectivity index (χ0) is 9.19. The number of aryl methyl sites for hydroxylation is 1. The van der Waals surface area contributed by atoms with Gasteiger partial charge >= 0.3 is 0 Å². The molecule has 0 aliphatic carbocycles. The Morgan fingerprint density at radius 2 is 2.08 bits per heavy atom. The van der Waals surface area contributed by atoms with E-state index in [0.717, 1.165) is 11.3 Å². The Morgan fingerprint density at radius 1 is 1.42 bits per heavy atom. The second-order valence-electron chi connectivity index (χ2n) is 3.35. The first-order valence-electron chi connectivity index (χ1n) is 3.87. The molecular formula is C9H14N2O. The summed E-state index contributed by atoms with van der Waals surface area (Å²) in [6.07, 6.45) is 1.80. The fraction of sp³-hybridized carbons (Fsp3) is 0.444. The third-order valence-corrected chi connectivity index (χ3v) is 1.82. The van der Waals surface area contributed by atoms with Crippen molar-refractivity contribution in [3.63, 3.8) is 0 Å². The third kappa shape index (κ3) is 1.81.